The predicted molar refractivity (Wildman–Crippen MR) is 83.7 cm³/mol. The van der Waals surface area contributed by atoms with Gasteiger partial charge >= 0.3 is 0 Å². The van der Waals surface area contributed by atoms with Crippen molar-refractivity contribution in [2.45, 2.75) is 40.2 Å². The summed E-state index contributed by atoms with van der Waals surface area (Å²) in [5.41, 5.74) is 1.71. The van der Waals surface area contributed by atoms with Crippen LogP contribution in [0.3, 0.4) is 0 Å². The zero-order chi connectivity index (χ0) is 15.8. The topological polar surface area (TPSA) is 70.7 Å². The molecule has 0 aromatic carbocycles. The number of thiophene rings is 1. The van der Waals surface area contributed by atoms with Crippen molar-refractivity contribution in [2.24, 2.45) is 0 Å². The van der Waals surface area contributed by atoms with E-state index in [1.807, 2.05) is 40.0 Å². The summed E-state index contributed by atoms with van der Waals surface area (Å²) < 4.78 is 1.69. The first kappa shape index (κ1) is 15.3. The first-order chi connectivity index (χ1) is 9.74. The molecule has 0 saturated carbocycles. The summed E-state index contributed by atoms with van der Waals surface area (Å²) in [4.78, 5) is 13.4. The van der Waals surface area contributed by atoms with Crippen LogP contribution in [0.25, 0.3) is 0 Å². The number of rotatable bonds is 2. The molecule has 21 heavy (non-hydrogen) atoms. The second kappa shape index (κ2) is 5.34. The number of carbonyl (C=O) groups is 1. The Bertz CT molecular complexity index is 728. The van der Waals surface area contributed by atoms with E-state index in [-0.39, 0.29) is 11.4 Å². The number of hydrogen-bond donors (Lipinski definition) is 1. The highest BCUT2D eigenvalue weighted by atomic mass is 32.1. The van der Waals surface area contributed by atoms with Gasteiger partial charge in [-0.15, -0.1) is 11.3 Å². The molecule has 1 N–H and O–H groups in total. The van der Waals surface area contributed by atoms with Crippen LogP contribution in [-0.4, -0.2) is 15.7 Å². The monoisotopic (exact) mass is 302 g/mol. The molecule has 2 aromatic heterocycles. The van der Waals surface area contributed by atoms with Gasteiger partial charge in [0, 0.05) is 16.5 Å². The minimum Gasteiger partial charge on any atom is -0.304 e. The Morgan fingerprint density at radius 2 is 2.10 bits per heavy atom. The van der Waals surface area contributed by atoms with E-state index >= 15 is 0 Å². The van der Waals surface area contributed by atoms with Crippen LogP contribution >= 0.6 is 11.3 Å². The summed E-state index contributed by atoms with van der Waals surface area (Å²) in [6.45, 7) is 9.85. The Balaban J connectivity index is 2.32. The van der Waals surface area contributed by atoms with Crippen LogP contribution in [0.15, 0.2) is 11.6 Å². The zero-order valence-electron chi connectivity index (χ0n) is 12.8. The number of nitrogens with zero attached hydrogens (tertiary/aromatic N) is 3. The second-order valence-electron chi connectivity index (χ2n) is 5.90. The average molecular weight is 302 g/mol. The quantitative estimate of drug-likeness (QED) is 0.923. The third kappa shape index (κ3) is 2.98. The summed E-state index contributed by atoms with van der Waals surface area (Å²) in [6.07, 6.45) is 1.65. The lowest BCUT2D eigenvalue weighted by Gasteiger charge is -2.18. The molecule has 0 unspecified atom stereocenters. The van der Waals surface area contributed by atoms with Crippen LogP contribution < -0.4 is 5.32 Å². The molecule has 110 valence electrons. The third-order valence-corrected chi connectivity index (χ3v) is 4.30. The number of anilines is 1. The molecule has 0 aliphatic rings. The number of hydrogen-bond acceptors (Lipinski definition) is 4. The highest BCUT2D eigenvalue weighted by molar-refractivity contribution is 7.10. The van der Waals surface area contributed by atoms with Gasteiger partial charge in [-0.3, -0.25) is 9.48 Å². The molecule has 0 spiro atoms. The molecule has 2 rings (SSSR count). The lowest BCUT2D eigenvalue weighted by atomic mass is 10.1. The van der Waals surface area contributed by atoms with Crippen molar-refractivity contribution < 1.29 is 4.79 Å². The van der Waals surface area contributed by atoms with Gasteiger partial charge in [0.05, 0.1) is 11.1 Å². The Hall–Kier alpha value is -2.13. The highest BCUT2D eigenvalue weighted by Gasteiger charge is 2.20. The fourth-order valence-corrected chi connectivity index (χ4v) is 2.67. The maximum Gasteiger partial charge on any atom is 0.258 e. The first-order valence-electron chi connectivity index (χ1n) is 6.60. The van der Waals surface area contributed by atoms with Gasteiger partial charge in [-0.05, 0) is 40.2 Å². The summed E-state index contributed by atoms with van der Waals surface area (Å²) in [7, 11) is 0. The lowest BCUT2D eigenvalue weighted by Crippen LogP contribution is -2.22. The van der Waals surface area contributed by atoms with Gasteiger partial charge in [-0.1, -0.05) is 0 Å². The standard InChI is InChI=1S/C15H18N4OS/c1-9-10(2)21-8-12(9)14(20)17-13-11(6-16)7-19(18-13)15(3,4)5/h7-8H,1-5H3,(H,17,18,20). The fourth-order valence-electron chi connectivity index (χ4n) is 1.80. The number of nitrogens with one attached hydrogen (secondary N) is 1. The smallest absolute Gasteiger partial charge is 0.258 e. The van der Waals surface area contributed by atoms with Gasteiger partial charge < -0.3 is 5.32 Å². The van der Waals surface area contributed by atoms with E-state index in [1.165, 1.54) is 11.3 Å². The van der Waals surface area contributed by atoms with Crippen molar-refractivity contribution >= 4 is 23.1 Å². The first-order valence-corrected chi connectivity index (χ1v) is 7.48. The average Bonchev–Trinajstić information content (AvgIpc) is 2.94. The van der Waals surface area contributed by atoms with Crippen molar-refractivity contribution in [3.63, 3.8) is 0 Å². The van der Waals surface area contributed by atoms with E-state index in [4.69, 9.17) is 0 Å². The molecule has 0 bridgehead atoms. The van der Waals surface area contributed by atoms with Gasteiger partial charge in [0.15, 0.2) is 5.82 Å². The van der Waals surface area contributed by atoms with E-state index < -0.39 is 0 Å². The molecule has 0 aliphatic carbocycles. The molecule has 1 amide bonds. The summed E-state index contributed by atoms with van der Waals surface area (Å²) in [5, 5.41) is 18.1. The maximum absolute atomic E-state index is 12.3. The van der Waals surface area contributed by atoms with E-state index in [9.17, 15) is 10.1 Å². The Morgan fingerprint density at radius 1 is 1.43 bits per heavy atom. The van der Waals surface area contributed by atoms with Gasteiger partial charge in [0.2, 0.25) is 0 Å². The molecular formula is C15H18N4OS. The number of amides is 1. The summed E-state index contributed by atoms with van der Waals surface area (Å²) in [6, 6.07) is 2.07. The van der Waals surface area contributed by atoms with Gasteiger partial charge in [-0.2, -0.15) is 10.4 Å². The maximum atomic E-state index is 12.3. The SMILES string of the molecule is Cc1scc(C(=O)Nc2nn(C(C)(C)C)cc2C#N)c1C. The molecule has 0 radical (unpaired) electrons. The normalized spacial score (nSPS) is 11.2. The predicted octanol–water partition coefficient (Wildman–Crippen LogP) is 3.44. The zero-order valence-corrected chi connectivity index (χ0v) is 13.6. The number of aromatic nitrogens is 2. The van der Waals surface area contributed by atoms with E-state index in [0.717, 1.165) is 10.4 Å². The fraction of sp³-hybridized carbons (Fsp3) is 0.400. The summed E-state index contributed by atoms with van der Waals surface area (Å²) >= 11 is 1.54. The van der Waals surface area contributed by atoms with Gasteiger partial charge in [-0.25, -0.2) is 0 Å². The largest absolute Gasteiger partial charge is 0.304 e. The van der Waals surface area contributed by atoms with E-state index in [0.29, 0.717) is 16.9 Å². The van der Waals surface area contributed by atoms with Crippen LogP contribution in [0.5, 0.6) is 0 Å². The molecule has 0 fully saturated rings. The lowest BCUT2D eigenvalue weighted by molar-refractivity contribution is 0.102. The van der Waals surface area contributed by atoms with Crippen molar-refractivity contribution in [3.05, 3.63) is 33.1 Å². The summed E-state index contributed by atoms with van der Waals surface area (Å²) in [5.74, 6) is 0.0770. The molecule has 0 aliphatic heterocycles. The molecule has 5 nitrogen and oxygen atoms in total. The Morgan fingerprint density at radius 3 is 2.57 bits per heavy atom. The van der Waals surface area contributed by atoms with Crippen LogP contribution in [0, 0.1) is 25.2 Å². The van der Waals surface area contributed by atoms with Crippen molar-refractivity contribution in [1.82, 2.24) is 9.78 Å². The number of carbonyl (C=O) groups excluding carboxylic acids is 1. The van der Waals surface area contributed by atoms with Crippen molar-refractivity contribution in [3.8, 4) is 6.07 Å². The minimum atomic E-state index is -0.247. The number of nitriles is 1. The van der Waals surface area contributed by atoms with Gasteiger partial charge in [0.1, 0.15) is 11.6 Å². The Kier molecular flexibility index (Phi) is 3.88. The van der Waals surface area contributed by atoms with E-state index in [2.05, 4.69) is 16.5 Å². The van der Waals surface area contributed by atoms with Crippen LogP contribution in [0.1, 0.15) is 47.1 Å². The van der Waals surface area contributed by atoms with Gasteiger partial charge in [0.25, 0.3) is 5.91 Å². The molecule has 0 atom stereocenters. The highest BCUT2D eigenvalue weighted by Crippen LogP contribution is 2.23. The number of aryl methyl sites for hydroxylation is 1. The van der Waals surface area contributed by atoms with E-state index in [1.54, 1.807) is 10.9 Å². The van der Waals surface area contributed by atoms with Crippen LogP contribution in [-0.2, 0) is 5.54 Å². The van der Waals surface area contributed by atoms with Crippen LogP contribution in [0.4, 0.5) is 5.82 Å². The molecule has 6 heteroatoms. The van der Waals surface area contributed by atoms with Crippen molar-refractivity contribution in [2.75, 3.05) is 5.32 Å². The minimum absolute atomic E-state index is 0.229. The van der Waals surface area contributed by atoms with Crippen molar-refractivity contribution in [1.29, 1.82) is 5.26 Å². The molecule has 2 heterocycles. The third-order valence-electron chi connectivity index (χ3n) is 3.28. The molecule has 0 saturated heterocycles. The second-order valence-corrected chi connectivity index (χ2v) is 6.99. The molecular weight excluding hydrogens is 284 g/mol. The Labute approximate surface area is 128 Å². The van der Waals surface area contributed by atoms with Crippen LogP contribution in [0.2, 0.25) is 0 Å². The molecule has 2 aromatic rings.